The molecule has 25 heavy (non-hydrogen) atoms. The van der Waals surface area contributed by atoms with E-state index < -0.39 is 11.9 Å². The van der Waals surface area contributed by atoms with Crippen LogP contribution in [0.15, 0.2) is 48.7 Å². The lowest BCUT2D eigenvalue weighted by molar-refractivity contribution is -0.143. The minimum absolute atomic E-state index is 0.0106. The Balaban J connectivity index is 1.77. The Morgan fingerprint density at radius 1 is 1.16 bits per heavy atom. The van der Waals surface area contributed by atoms with E-state index >= 15 is 0 Å². The van der Waals surface area contributed by atoms with Crippen molar-refractivity contribution in [3.63, 3.8) is 0 Å². The fraction of sp³-hybridized carbons (Fsp3) is 0.316. The van der Waals surface area contributed by atoms with Crippen LogP contribution in [0.4, 0.5) is 0 Å². The normalized spacial score (nSPS) is 20.1. The smallest absolute Gasteiger partial charge is 0.308 e. The second-order valence-electron chi connectivity index (χ2n) is 6.21. The molecule has 1 aliphatic heterocycles. The third kappa shape index (κ3) is 3.96. The molecule has 1 saturated heterocycles. The van der Waals surface area contributed by atoms with E-state index in [0.29, 0.717) is 24.3 Å². The quantitative estimate of drug-likeness (QED) is 0.924. The lowest BCUT2D eigenvalue weighted by Crippen LogP contribution is -2.47. The Labute approximate surface area is 146 Å². The Kier molecular flexibility index (Phi) is 4.97. The summed E-state index contributed by atoms with van der Waals surface area (Å²) in [4.78, 5) is 29.8. The van der Waals surface area contributed by atoms with Crippen LogP contribution in [0.25, 0.3) is 0 Å². The van der Waals surface area contributed by atoms with Crippen molar-refractivity contribution in [2.24, 2.45) is 5.92 Å². The Morgan fingerprint density at radius 3 is 2.64 bits per heavy atom. The highest BCUT2D eigenvalue weighted by Crippen LogP contribution is 2.25. The van der Waals surface area contributed by atoms with Gasteiger partial charge in [0.25, 0.3) is 5.91 Å². The lowest BCUT2D eigenvalue weighted by atomic mass is 9.93. The molecule has 0 spiro atoms. The number of aliphatic carboxylic acids is 1. The first-order valence-electron chi connectivity index (χ1n) is 8.27. The van der Waals surface area contributed by atoms with Gasteiger partial charge in [-0.3, -0.25) is 14.6 Å². The molecule has 0 saturated carbocycles. The first-order valence-corrected chi connectivity index (χ1v) is 8.27. The Morgan fingerprint density at radius 2 is 1.92 bits per heavy atom. The molecule has 1 N–H and O–H groups in total. The maximum Gasteiger partial charge on any atom is 0.308 e. The molecule has 130 valence electrons. The number of ether oxygens (including phenoxy) is 1. The number of benzene rings is 1. The molecule has 2 unspecified atom stereocenters. The number of amides is 1. The summed E-state index contributed by atoms with van der Waals surface area (Å²) in [5.41, 5.74) is 0.256. The fourth-order valence-corrected chi connectivity index (χ4v) is 2.95. The zero-order valence-electron chi connectivity index (χ0n) is 14.0. The number of carboxylic acid groups (broad SMARTS) is 1. The van der Waals surface area contributed by atoms with Crippen molar-refractivity contribution in [3.05, 3.63) is 54.4 Å². The summed E-state index contributed by atoms with van der Waals surface area (Å²) in [6, 6.07) is 12.5. The summed E-state index contributed by atoms with van der Waals surface area (Å²) in [5.74, 6) is -0.465. The molecule has 0 radical (unpaired) electrons. The van der Waals surface area contributed by atoms with Gasteiger partial charge in [0.15, 0.2) is 0 Å². The third-order valence-electron chi connectivity index (χ3n) is 4.42. The number of rotatable bonds is 4. The number of likely N-dealkylation sites (tertiary alicyclic amines) is 1. The van der Waals surface area contributed by atoms with Crippen LogP contribution in [0, 0.1) is 5.92 Å². The number of piperidine rings is 1. The van der Waals surface area contributed by atoms with Crippen molar-refractivity contribution < 1.29 is 19.4 Å². The number of carboxylic acids is 1. The van der Waals surface area contributed by atoms with Gasteiger partial charge in [-0.25, -0.2) is 0 Å². The van der Waals surface area contributed by atoms with Crippen LogP contribution in [-0.2, 0) is 4.79 Å². The minimum Gasteiger partial charge on any atom is -0.481 e. The molecule has 6 heteroatoms. The molecule has 3 rings (SSSR count). The van der Waals surface area contributed by atoms with Gasteiger partial charge in [-0.05, 0) is 38.0 Å². The molecular formula is C19H20N2O4. The summed E-state index contributed by atoms with van der Waals surface area (Å²) < 4.78 is 5.74. The van der Waals surface area contributed by atoms with Crippen molar-refractivity contribution >= 4 is 11.9 Å². The third-order valence-corrected chi connectivity index (χ3v) is 4.42. The first kappa shape index (κ1) is 17.0. The highest BCUT2D eigenvalue weighted by molar-refractivity contribution is 5.93. The van der Waals surface area contributed by atoms with Gasteiger partial charge in [-0.1, -0.05) is 18.2 Å². The van der Waals surface area contributed by atoms with Gasteiger partial charge in [0.05, 0.1) is 5.92 Å². The topological polar surface area (TPSA) is 79.7 Å². The predicted octanol–water partition coefficient (Wildman–Crippen LogP) is 3.20. The Bertz CT molecular complexity index is 763. The molecule has 1 aliphatic rings. The number of aromatic nitrogens is 1. The van der Waals surface area contributed by atoms with Gasteiger partial charge in [0.2, 0.25) is 0 Å². The highest BCUT2D eigenvalue weighted by atomic mass is 16.5. The van der Waals surface area contributed by atoms with E-state index in [1.54, 1.807) is 17.0 Å². The van der Waals surface area contributed by atoms with E-state index in [-0.39, 0.29) is 24.2 Å². The van der Waals surface area contributed by atoms with Gasteiger partial charge < -0.3 is 14.7 Å². The molecule has 6 nitrogen and oxygen atoms in total. The van der Waals surface area contributed by atoms with Crippen LogP contribution in [0.3, 0.4) is 0 Å². The molecule has 0 bridgehead atoms. The molecule has 1 aromatic heterocycles. The van der Waals surface area contributed by atoms with Crippen LogP contribution in [0.5, 0.6) is 11.5 Å². The SMILES string of the molecule is CC1CCC(C(=O)O)CN1C(=O)c1cc(Oc2ccccc2)ccn1. The molecule has 1 amide bonds. The number of para-hydroxylation sites is 1. The van der Waals surface area contributed by atoms with Crippen molar-refractivity contribution in [2.45, 2.75) is 25.8 Å². The Hall–Kier alpha value is -2.89. The molecule has 1 aromatic carbocycles. The van der Waals surface area contributed by atoms with Crippen molar-refractivity contribution in [1.29, 1.82) is 0 Å². The molecule has 2 atom stereocenters. The van der Waals surface area contributed by atoms with Crippen LogP contribution in [0.1, 0.15) is 30.3 Å². The summed E-state index contributed by atoms with van der Waals surface area (Å²) in [7, 11) is 0. The van der Waals surface area contributed by atoms with E-state index in [1.165, 1.54) is 6.20 Å². The number of pyridine rings is 1. The maximum atomic E-state index is 12.8. The van der Waals surface area contributed by atoms with E-state index in [1.807, 2.05) is 37.3 Å². The van der Waals surface area contributed by atoms with Crippen molar-refractivity contribution in [1.82, 2.24) is 9.88 Å². The average Bonchev–Trinajstić information content (AvgIpc) is 2.62. The second kappa shape index (κ2) is 7.34. The first-order chi connectivity index (χ1) is 12.0. The number of carbonyl (C=O) groups is 2. The minimum atomic E-state index is -0.862. The summed E-state index contributed by atoms with van der Waals surface area (Å²) >= 11 is 0. The van der Waals surface area contributed by atoms with Crippen LogP contribution >= 0.6 is 0 Å². The largest absolute Gasteiger partial charge is 0.481 e. The zero-order chi connectivity index (χ0) is 17.8. The monoisotopic (exact) mass is 340 g/mol. The van der Waals surface area contributed by atoms with Crippen molar-refractivity contribution in [2.75, 3.05) is 6.54 Å². The standard InChI is InChI=1S/C19H20N2O4/c1-13-7-8-14(19(23)24)12-21(13)18(22)17-11-16(9-10-20-17)25-15-5-3-2-4-6-15/h2-6,9-11,13-14H,7-8,12H2,1H3,(H,23,24). The summed E-state index contributed by atoms with van der Waals surface area (Å²) in [6.45, 7) is 2.14. The van der Waals surface area contributed by atoms with Gasteiger partial charge in [0, 0.05) is 24.8 Å². The van der Waals surface area contributed by atoms with Gasteiger partial charge in [-0.2, -0.15) is 0 Å². The number of hydrogen-bond donors (Lipinski definition) is 1. The van der Waals surface area contributed by atoms with E-state index in [9.17, 15) is 14.7 Å². The fourth-order valence-electron chi connectivity index (χ4n) is 2.95. The maximum absolute atomic E-state index is 12.8. The molecule has 1 fully saturated rings. The highest BCUT2D eigenvalue weighted by Gasteiger charge is 2.33. The van der Waals surface area contributed by atoms with Crippen LogP contribution in [-0.4, -0.2) is 39.5 Å². The van der Waals surface area contributed by atoms with E-state index in [2.05, 4.69) is 4.98 Å². The lowest BCUT2D eigenvalue weighted by Gasteiger charge is -2.36. The van der Waals surface area contributed by atoms with Gasteiger partial charge in [0.1, 0.15) is 17.2 Å². The summed E-state index contributed by atoms with van der Waals surface area (Å²) in [5, 5.41) is 9.23. The van der Waals surface area contributed by atoms with Gasteiger partial charge in [-0.15, -0.1) is 0 Å². The van der Waals surface area contributed by atoms with E-state index in [4.69, 9.17) is 4.74 Å². The number of nitrogens with zero attached hydrogens (tertiary/aromatic N) is 2. The van der Waals surface area contributed by atoms with Crippen LogP contribution < -0.4 is 4.74 Å². The average molecular weight is 340 g/mol. The van der Waals surface area contributed by atoms with E-state index in [0.717, 1.165) is 0 Å². The van der Waals surface area contributed by atoms with Gasteiger partial charge >= 0.3 is 5.97 Å². The summed E-state index contributed by atoms with van der Waals surface area (Å²) in [6.07, 6.45) is 2.78. The number of carbonyl (C=O) groups excluding carboxylic acids is 1. The predicted molar refractivity (Wildman–Crippen MR) is 91.6 cm³/mol. The molecule has 2 aromatic rings. The molecule has 0 aliphatic carbocycles. The molecule has 2 heterocycles. The zero-order valence-corrected chi connectivity index (χ0v) is 14.0. The van der Waals surface area contributed by atoms with Crippen molar-refractivity contribution in [3.8, 4) is 11.5 Å². The van der Waals surface area contributed by atoms with Crippen LogP contribution in [0.2, 0.25) is 0 Å². The number of hydrogen-bond acceptors (Lipinski definition) is 4. The molecular weight excluding hydrogens is 320 g/mol. The second-order valence-corrected chi connectivity index (χ2v) is 6.21.